The molecule has 0 saturated heterocycles. The Bertz CT molecular complexity index is 206. The van der Waals surface area contributed by atoms with Gasteiger partial charge in [-0.05, 0) is 13.3 Å². The quantitative estimate of drug-likeness (QED) is 0.632. The van der Waals surface area contributed by atoms with Crippen molar-refractivity contribution >= 4 is 11.9 Å². The van der Waals surface area contributed by atoms with E-state index in [2.05, 4.69) is 0 Å². The highest BCUT2D eigenvalue weighted by Gasteiger charge is 2.24. The lowest BCUT2D eigenvalue weighted by atomic mass is 10.2. The smallest absolute Gasteiger partial charge is 0.326 e. The summed E-state index contributed by atoms with van der Waals surface area (Å²) in [6.45, 7) is 3.23. The number of carbonyl (C=O) groups excluding carboxylic acids is 1. The van der Waals surface area contributed by atoms with Gasteiger partial charge in [-0.2, -0.15) is 0 Å². The van der Waals surface area contributed by atoms with Gasteiger partial charge in [-0.3, -0.25) is 4.79 Å². The highest BCUT2D eigenvalue weighted by atomic mass is 16.4. The lowest BCUT2D eigenvalue weighted by Crippen LogP contribution is -2.47. The van der Waals surface area contributed by atoms with E-state index < -0.39 is 18.1 Å². The Balaban J connectivity index is 4.33. The predicted molar refractivity (Wildman–Crippen MR) is 48.1 cm³/mol. The van der Waals surface area contributed by atoms with E-state index in [0.29, 0.717) is 6.42 Å². The predicted octanol–water partition coefficient (Wildman–Crippen LogP) is -0.345. The van der Waals surface area contributed by atoms with E-state index >= 15 is 0 Å². The normalized spacial score (nSPS) is 14.8. The zero-order chi connectivity index (χ0) is 10.6. The third kappa shape index (κ3) is 3.02. The number of aliphatic carboxylic acids is 1. The average molecular weight is 188 g/mol. The lowest BCUT2D eigenvalue weighted by molar-refractivity contribution is -0.148. The molecule has 0 aromatic heterocycles. The average Bonchev–Trinajstić information content (AvgIpc) is 2.12. The van der Waals surface area contributed by atoms with E-state index in [9.17, 15) is 9.59 Å². The molecule has 13 heavy (non-hydrogen) atoms. The van der Waals surface area contributed by atoms with Crippen molar-refractivity contribution in [2.24, 2.45) is 5.73 Å². The minimum absolute atomic E-state index is 0.336. The van der Waals surface area contributed by atoms with Crippen LogP contribution in [0, 0.1) is 0 Å². The summed E-state index contributed by atoms with van der Waals surface area (Å²) in [5.41, 5.74) is 5.47. The highest BCUT2D eigenvalue weighted by Crippen LogP contribution is 2.00. The largest absolute Gasteiger partial charge is 0.480 e. The van der Waals surface area contributed by atoms with Gasteiger partial charge in [0.15, 0.2) is 0 Å². The molecule has 0 aliphatic heterocycles. The van der Waals surface area contributed by atoms with Gasteiger partial charge in [-0.1, -0.05) is 6.92 Å². The van der Waals surface area contributed by atoms with Crippen molar-refractivity contribution in [3.8, 4) is 0 Å². The molecule has 1 amide bonds. The van der Waals surface area contributed by atoms with Crippen LogP contribution in [0.3, 0.4) is 0 Å². The first-order valence-electron chi connectivity index (χ1n) is 4.16. The minimum Gasteiger partial charge on any atom is -0.480 e. The van der Waals surface area contributed by atoms with Gasteiger partial charge < -0.3 is 15.7 Å². The van der Waals surface area contributed by atoms with Crippen LogP contribution in [0.2, 0.25) is 0 Å². The molecule has 76 valence electrons. The summed E-state index contributed by atoms with van der Waals surface area (Å²) >= 11 is 0. The summed E-state index contributed by atoms with van der Waals surface area (Å²) in [6, 6.07) is -1.43. The maximum Gasteiger partial charge on any atom is 0.326 e. The molecule has 0 aliphatic carbocycles. The highest BCUT2D eigenvalue weighted by molar-refractivity contribution is 5.86. The molecule has 5 nitrogen and oxygen atoms in total. The number of carbonyl (C=O) groups is 2. The molecule has 0 rings (SSSR count). The summed E-state index contributed by atoms with van der Waals surface area (Å²) in [5.74, 6) is -1.36. The van der Waals surface area contributed by atoms with Gasteiger partial charge in [0.2, 0.25) is 5.91 Å². The van der Waals surface area contributed by atoms with Crippen LogP contribution in [-0.4, -0.2) is 41.0 Å². The lowest BCUT2D eigenvalue weighted by Gasteiger charge is -2.24. The van der Waals surface area contributed by atoms with Gasteiger partial charge in [0.05, 0.1) is 6.04 Å². The van der Waals surface area contributed by atoms with Crippen LogP contribution in [0.25, 0.3) is 0 Å². The fourth-order valence-corrected chi connectivity index (χ4v) is 0.793. The zero-order valence-electron chi connectivity index (χ0n) is 8.15. The monoisotopic (exact) mass is 188 g/mol. The van der Waals surface area contributed by atoms with E-state index in [0.717, 1.165) is 4.90 Å². The van der Waals surface area contributed by atoms with Crippen molar-refractivity contribution in [2.45, 2.75) is 32.4 Å². The van der Waals surface area contributed by atoms with E-state index in [4.69, 9.17) is 10.8 Å². The first kappa shape index (κ1) is 11.9. The Kier molecular flexibility index (Phi) is 4.40. The van der Waals surface area contributed by atoms with Crippen molar-refractivity contribution in [3.05, 3.63) is 0 Å². The Hall–Kier alpha value is -1.10. The minimum atomic E-state index is -1.03. The van der Waals surface area contributed by atoms with E-state index in [1.807, 2.05) is 0 Å². The number of nitrogens with two attached hydrogens (primary N) is 1. The molecule has 0 heterocycles. The molecular formula is C8H16N2O3. The molecular weight excluding hydrogens is 172 g/mol. The molecule has 0 aromatic carbocycles. The van der Waals surface area contributed by atoms with Crippen LogP contribution >= 0.6 is 0 Å². The van der Waals surface area contributed by atoms with Gasteiger partial charge in [-0.15, -0.1) is 0 Å². The molecule has 0 spiro atoms. The Labute approximate surface area is 77.5 Å². The summed E-state index contributed by atoms with van der Waals surface area (Å²) < 4.78 is 0. The van der Waals surface area contributed by atoms with E-state index in [1.54, 1.807) is 6.92 Å². The van der Waals surface area contributed by atoms with Crippen LogP contribution in [0.5, 0.6) is 0 Å². The molecule has 0 bridgehead atoms. The maximum atomic E-state index is 11.4. The van der Waals surface area contributed by atoms with E-state index in [1.165, 1.54) is 14.0 Å². The fraction of sp³-hybridized carbons (Fsp3) is 0.750. The second-order valence-electron chi connectivity index (χ2n) is 2.98. The topological polar surface area (TPSA) is 83.6 Å². The SMILES string of the molecule is CC[C@H](N)C(=O)N(C)C(C)C(=O)O. The van der Waals surface area contributed by atoms with Gasteiger partial charge in [0.25, 0.3) is 0 Å². The number of hydrogen-bond acceptors (Lipinski definition) is 3. The van der Waals surface area contributed by atoms with E-state index in [-0.39, 0.29) is 5.91 Å². The van der Waals surface area contributed by atoms with Crippen LogP contribution in [0.1, 0.15) is 20.3 Å². The first-order chi connectivity index (χ1) is 5.91. The van der Waals surface area contributed by atoms with Crippen molar-refractivity contribution in [1.29, 1.82) is 0 Å². The van der Waals surface area contributed by atoms with Crippen LogP contribution in [0.15, 0.2) is 0 Å². The first-order valence-corrected chi connectivity index (χ1v) is 4.16. The summed E-state index contributed by atoms with van der Waals surface area (Å²) in [6.07, 6.45) is 0.509. The summed E-state index contributed by atoms with van der Waals surface area (Å²) in [7, 11) is 1.44. The number of rotatable bonds is 4. The van der Waals surface area contributed by atoms with Crippen LogP contribution < -0.4 is 5.73 Å². The van der Waals surface area contributed by atoms with Crippen molar-refractivity contribution in [3.63, 3.8) is 0 Å². The number of nitrogens with zero attached hydrogens (tertiary/aromatic N) is 1. The van der Waals surface area contributed by atoms with Crippen molar-refractivity contribution in [1.82, 2.24) is 4.90 Å². The molecule has 0 saturated carbocycles. The second-order valence-corrected chi connectivity index (χ2v) is 2.98. The Morgan fingerprint density at radius 2 is 2.00 bits per heavy atom. The number of likely N-dealkylation sites (N-methyl/N-ethyl adjacent to an activating group) is 1. The number of hydrogen-bond donors (Lipinski definition) is 2. The third-order valence-electron chi connectivity index (χ3n) is 2.04. The molecule has 0 aromatic rings. The fourth-order valence-electron chi connectivity index (χ4n) is 0.793. The number of amides is 1. The van der Waals surface area contributed by atoms with Gasteiger partial charge >= 0.3 is 5.97 Å². The Morgan fingerprint density at radius 3 is 2.31 bits per heavy atom. The summed E-state index contributed by atoms with van der Waals surface area (Å²) in [5, 5.41) is 8.62. The molecule has 0 fully saturated rings. The molecule has 5 heteroatoms. The van der Waals surface area contributed by atoms with Crippen LogP contribution in [-0.2, 0) is 9.59 Å². The van der Waals surface area contributed by atoms with Gasteiger partial charge in [0.1, 0.15) is 6.04 Å². The molecule has 0 radical (unpaired) electrons. The van der Waals surface area contributed by atoms with Crippen LogP contribution in [0.4, 0.5) is 0 Å². The molecule has 0 aliphatic rings. The third-order valence-corrected chi connectivity index (χ3v) is 2.04. The molecule has 1 unspecified atom stereocenters. The molecule has 2 atom stereocenters. The Morgan fingerprint density at radius 1 is 1.54 bits per heavy atom. The number of carboxylic acids is 1. The summed E-state index contributed by atoms with van der Waals surface area (Å²) in [4.78, 5) is 23.0. The van der Waals surface area contributed by atoms with Gasteiger partial charge in [0, 0.05) is 7.05 Å². The maximum absolute atomic E-state index is 11.4. The molecule has 3 N–H and O–H groups in total. The van der Waals surface area contributed by atoms with Crippen molar-refractivity contribution < 1.29 is 14.7 Å². The van der Waals surface area contributed by atoms with Gasteiger partial charge in [-0.25, -0.2) is 4.79 Å². The second kappa shape index (κ2) is 4.81. The number of carboxylic acid groups (broad SMARTS) is 1. The zero-order valence-corrected chi connectivity index (χ0v) is 8.15. The standard InChI is InChI=1S/C8H16N2O3/c1-4-6(9)7(11)10(3)5(2)8(12)13/h5-6H,4,9H2,1-3H3,(H,12,13)/t5?,6-/m0/s1. The van der Waals surface area contributed by atoms with Crippen molar-refractivity contribution in [2.75, 3.05) is 7.05 Å².